The van der Waals surface area contributed by atoms with Gasteiger partial charge in [-0.2, -0.15) is 0 Å². The molecule has 0 aromatic heterocycles. The van der Waals surface area contributed by atoms with E-state index >= 15 is 0 Å². The lowest BCUT2D eigenvalue weighted by Crippen LogP contribution is -2.39. The molecular weight excluding hydrogens is 261 g/mol. The van der Waals surface area contributed by atoms with Gasteiger partial charge in [0.25, 0.3) is 0 Å². The van der Waals surface area contributed by atoms with Crippen LogP contribution in [0.15, 0.2) is 22.3 Å². The van der Waals surface area contributed by atoms with Crippen LogP contribution in [0.2, 0.25) is 0 Å². The van der Waals surface area contributed by atoms with Gasteiger partial charge in [0.05, 0.1) is 0 Å². The van der Waals surface area contributed by atoms with Gasteiger partial charge in [-0.3, -0.25) is 0 Å². The predicted molar refractivity (Wildman–Crippen MR) is 62.5 cm³/mol. The first-order valence-electron chi connectivity index (χ1n) is 4.52. The second kappa shape index (κ2) is 5.75. The van der Waals surface area contributed by atoms with Gasteiger partial charge in [-0.1, -0.05) is 40.8 Å². The molecule has 1 saturated heterocycles. The van der Waals surface area contributed by atoms with Gasteiger partial charge >= 0.3 is 0 Å². The average molecular weight is 277 g/mol. The van der Waals surface area contributed by atoms with E-state index in [2.05, 4.69) is 57.1 Å². The molecule has 0 spiro atoms. The van der Waals surface area contributed by atoms with E-state index in [1.165, 1.54) is 19.3 Å². The number of nitrogens with one attached hydrogen (secondary N) is 1. The van der Waals surface area contributed by atoms with Crippen molar-refractivity contribution in [3.05, 3.63) is 22.3 Å². The fraction of sp³-hybridized carbons (Fsp3) is 0.600. The van der Waals surface area contributed by atoms with Crippen molar-refractivity contribution in [2.24, 2.45) is 0 Å². The first-order chi connectivity index (χ1) is 5.86. The molecule has 0 aliphatic carbocycles. The fourth-order valence-corrected chi connectivity index (χ4v) is 2.12. The lowest BCUT2D eigenvalue weighted by atomic mass is 9.98. The van der Waals surface area contributed by atoms with Crippen LogP contribution in [0.4, 0.5) is 0 Å². The van der Waals surface area contributed by atoms with Crippen LogP contribution < -0.4 is 5.32 Å². The van der Waals surface area contributed by atoms with Crippen molar-refractivity contribution in [1.29, 1.82) is 0 Å². The van der Waals surface area contributed by atoms with E-state index in [0.29, 0.717) is 12.1 Å². The summed E-state index contributed by atoms with van der Waals surface area (Å²) in [5.41, 5.74) is 0. The predicted octanol–water partition coefficient (Wildman–Crippen LogP) is 3.02. The second-order valence-electron chi connectivity index (χ2n) is 3.15. The molecule has 2 heteroatoms. The summed E-state index contributed by atoms with van der Waals surface area (Å²) in [7, 11) is 0. The zero-order chi connectivity index (χ0) is 8.81. The minimum atomic E-state index is 0.594. The number of halogens is 1. The minimum absolute atomic E-state index is 0.594. The van der Waals surface area contributed by atoms with Gasteiger partial charge in [0.15, 0.2) is 0 Å². The van der Waals surface area contributed by atoms with Crippen LogP contribution in [-0.4, -0.2) is 12.1 Å². The van der Waals surface area contributed by atoms with Crippen LogP contribution in [0.25, 0.3) is 0 Å². The zero-order valence-corrected chi connectivity index (χ0v) is 9.62. The lowest BCUT2D eigenvalue weighted by Gasteiger charge is -2.27. The number of piperidine rings is 1. The molecule has 2 atom stereocenters. The Morgan fingerprint density at radius 3 is 2.50 bits per heavy atom. The normalized spacial score (nSPS) is 31.8. The Morgan fingerprint density at radius 2 is 1.92 bits per heavy atom. The van der Waals surface area contributed by atoms with Gasteiger partial charge in [-0.15, -0.1) is 0 Å². The Morgan fingerprint density at radius 1 is 1.25 bits per heavy atom. The smallest absolute Gasteiger partial charge is 0.0262 e. The average Bonchev–Trinajstić information content (AvgIpc) is 2.06. The van der Waals surface area contributed by atoms with Crippen LogP contribution in [0, 0.1) is 0 Å². The standard InChI is InChI=1S/C10H16IN/c1-2-4-9-5-3-6-10(12-9)7-8-11/h2,4,7-10,12H,3,5-6H2,1H3/b4-2+,8-7+. The first-order valence-corrected chi connectivity index (χ1v) is 5.77. The summed E-state index contributed by atoms with van der Waals surface area (Å²) in [5.74, 6) is 0. The highest BCUT2D eigenvalue weighted by molar-refractivity contribution is 14.1. The molecule has 68 valence electrons. The van der Waals surface area contributed by atoms with Crippen LogP contribution in [0.5, 0.6) is 0 Å². The third kappa shape index (κ3) is 3.27. The van der Waals surface area contributed by atoms with E-state index in [9.17, 15) is 0 Å². The molecule has 1 heterocycles. The summed E-state index contributed by atoms with van der Waals surface area (Å²) in [6.45, 7) is 2.08. The molecule has 1 nitrogen and oxygen atoms in total. The van der Waals surface area contributed by atoms with Gasteiger partial charge in [-0.05, 0) is 30.3 Å². The van der Waals surface area contributed by atoms with Crippen molar-refractivity contribution in [3.63, 3.8) is 0 Å². The van der Waals surface area contributed by atoms with Gasteiger partial charge in [-0.25, -0.2) is 0 Å². The molecular formula is C10H16IN. The largest absolute Gasteiger partial charge is 0.304 e. The van der Waals surface area contributed by atoms with E-state index in [1.807, 2.05) is 0 Å². The van der Waals surface area contributed by atoms with Crippen molar-refractivity contribution < 1.29 is 0 Å². The summed E-state index contributed by atoms with van der Waals surface area (Å²) in [4.78, 5) is 0. The molecule has 12 heavy (non-hydrogen) atoms. The van der Waals surface area contributed by atoms with Crippen molar-refractivity contribution in [1.82, 2.24) is 5.32 Å². The van der Waals surface area contributed by atoms with E-state index in [1.54, 1.807) is 0 Å². The lowest BCUT2D eigenvalue weighted by molar-refractivity contribution is 0.399. The molecule has 2 unspecified atom stereocenters. The monoisotopic (exact) mass is 277 g/mol. The highest BCUT2D eigenvalue weighted by Crippen LogP contribution is 2.14. The van der Waals surface area contributed by atoms with Gasteiger partial charge < -0.3 is 5.32 Å². The third-order valence-electron chi connectivity index (χ3n) is 2.19. The molecule has 1 aliphatic rings. The summed E-state index contributed by atoms with van der Waals surface area (Å²) >= 11 is 2.28. The van der Waals surface area contributed by atoms with Crippen LogP contribution in [0.3, 0.4) is 0 Å². The van der Waals surface area contributed by atoms with E-state index in [0.717, 1.165) is 0 Å². The number of hydrogen-bond acceptors (Lipinski definition) is 1. The van der Waals surface area contributed by atoms with Gasteiger partial charge in [0, 0.05) is 12.1 Å². The molecule has 1 aliphatic heterocycles. The molecule has 1 fully saturated rings. The molecule has 1 rings (SSSR count). The maximum absolute atomic E-state index is 3.58. The van der Waals surface area contributed by atoms with Crippen molar-refractivity contribution in [2.45, 2.75) is 38.3 Å². The van der Waals surface area contributed by atoms with Crippen molar-refractivity contribution >= 4 is 22.6 Å². The maximum Gasteiger partial charge on any atom is 0.0262 e. The second-order valence-corrected chi connectivity index (χ2v) is 3.87. The van der Waals surface area contributed by atoms with E-state index < -0.39 is 0 Å². The Hall–Kier alpha value is 0.170. The highest BCUT2D eigenvalue weighted by atomic mass is 127. The third-order valence-corrected chi connectivity index (χ3v) is 2.60. The molecule has 0 saturated carbocycles. The molecule has 0 bridgehead atoms. The Labute approximate surface area is 88.5 Å². The van der Waals surface area contributed by atoms with Crippen LogP contribution >= 0.6 is 22.6 Å². The number of allylic oxidation sites excluding steroid dienone is 1. The fourth-order valence-electron chi connectivity index (χ4n) is 1.62. The Kier molecular flexibility index (Phi) is 4.92. The SMILES string of the molecule is C/C=C/C1CCCC(/C=C/I)N1. The molecule has 0 aromatic carbocycles. The number of rotatable bonds is 2. The summed E-state index contributed by atoms with van der Waals surface area (Å²) in [6, 6.07) is 1.19. The summed E-state index contributed by atoms with van der Waals surface area (Å²) < 4.78 is 2.10. The minimum Gasteiger partial charge on any atom is -0.304 e. The topological polar surface area (TPSA) is 12.0 Å². The Bertz CT molecular complexity index is 157. The first kappa shape index (κ1) is 10.3. The molecule has 0 amide bonds. The van der Waals surface area contributed by atoms with E-state index in [-0.39, 0.29) is 0 Å². The van der Waals surface area contributed by atoms with Gasteiger partial charge in [0.2, 0.25) is 0 Å². The van der Waals surface area contributed by atoms with Crippen LogP contribution in [-0.2, 0) is 0 Å². The quantitative estimate of drug-likeness (QED) is 0.604. The molecule has 1 N–H and O–H groups in total. The van der Waals surface area contributed by atoms with Crippen LogP contribution in [0.1, 0.15) is 26.2 Å². The maximum atomic E-state index is 3.58. The van der Waals surface area contributed by atoms with Crippen molar-refractivity contribution in [3.8, 4) is 0 Å². The zero-order valence-electron chi connectivity index (χ0n) is 7.46. The molecule has 0 radical (unpaired) electrons. The summed E-state index contributed by atoms with van der Waals surface area (Å²) in [6.07, 6.45) is 10.5. The Balaban J connectivity index is 2.40. The van der Waals surface area contributed by atoms with Crippen molar-refractivity contribution in [2.75, 3.05) is 0 Å². The summed E-state index contributed by atoms with van der Waals surface area (Å²) in [5, 5.41) is 3.58. The van der Waals surface area contributed by atoms with E-state index in [4.69, 9.17) is 0 Å². The van der Waals surface area contributed by atoms with Gasteiger partial charge in [0.1, 0.15) is 0 Å². The highest BCUT2D eigenvalue weighted by Gasteiger charge is 2.15. The number of hydrogen-bond donors (Lipinski definition) is 1. The molecule has 0 aromatic rings.